The Labute approximate surface area is 184 Å². The van der Waals surface area contributed by atoms with Crippen molar-refractivity contribution in [3.8, 4) is 0 Å². The molecular formula is C22H27ClN2O4S. The van der Waals surface area contributed by atoms with E-state index in [9.17, 15) is 13.2 Å². The van der Waals surface area contributed by atoms with E-state index in [1.165, 1.54) is 12.2 Å². The Hall–Kier alpha value is -2.64. The third-order valence-corrected chi connectivity index (χ3v) is 5.24. The van der Waals surface area contributed by atoms with E-state index in [2.05, 4.69) is 17.6 Å². The van der Waals surface area contributed by atoms with Crippen molar-refractivity contribution in [1.29, 1.82) is 0 Å². The number of nitrogens with zero attached hydrogens (tertiary/aromatic N) is 2. The number of likely N-dealkylation sites (N-methyl/N-ethyl adjacent to an activating group) is 1. The summed E-state index contributed by atoms with van der Waals surface area (Å²) in [6.45, 7) is 11.1. The number of rotatable bonds is 7. The van der Waals surface area contributed by atoms with Crippen LogP contribution in [0.25, 0.3) is 0 Å². The highest BCUT2D eigenvalue weighted by Gasteiger charge is 2.20. The van der Waals surface area contributed by atoms with E-state index in [-0.39, 0.29) is 24.0 Å². The van der Waals surface area contributed by atoms with Gasteiger partial charge in [0.05, 0.1) is 11.4 Å². The van der Waals surface area contributed by atoms with Crippen molar-refractivity contribution >= 4 is 33.4 Å². The summed E-state index contributed by atoms with van der Waals surface area (Å²) in [5, 5.41) is 0.342. The van der Waals surface area contributed by atoms with Crippen LogP contribution in [-0.4, -0.2) is 45.3 Å². The van der Waals surface area contributed by atoms with Gasteiger partial charge in [-0.3, -0.25) is 0 Å². The molecule has 0 aromatic carbocycles. The zero-order chi connectivity index (χ0) is 22.7. The van der Waals surface area contributed by atoms with Crippen LogP contribution >= 0.6 is 11.6 Å². The zero-order valence-corrected chi connectivity index (χ0v) is 19.0. The topological polar surface area (TPSA) is 76.0 Å². The van der Waals surface area contributed by atoms with Crippen molar-refractivity contribution in [3.05, 3.63) is 83.4 Å². The molecule has 1 heterocycles. The predicted octanol–water partition coefficient (Wildman–Crippen LogP) is 4.28. The fourth-order valence-electron chi connectivity index (χ4n) is 2.38. The number of carbonyl (C=O) groups is 1. The molecule has 1 rings (SSSR count). The van der Waals surface area contributed by atoms with Crippen LogP contribution in [0.4, 0.5) is 0 Å². The number of amidine groups is 1. The summed E-state index contributed by atoms with van der Waals surface area (Å²) in [7, 11) is -2.18. The van der Waals surface area contributed by atoms with Crippen LogP contribution in [0.1, 0.15) is 13.8 Å². The maximum absolute atomic E-state index is 12.3. The molecule has 0 amide bonds. The maximum Gasteiger partial charge on any atom is 0.330 e. The highest BCUT2D eigenvalue weighted by atomic mass is 35.5. The monoisotopic (exact) mass is 450 g/mol. The second-order valence-corrected chi connectivity index (χ2v) is 8.58. The minimum absolute atomic E-state index is 0.0548. The first kappa shape index (κ1) is 25.4. The Morgan fingerprint density at radius 2 is 2.03 bits per heavy atom. The highest BCUT2D eigenvalue weighted by Crippen LogP contribution is 2.16. The molecule has 1 unspecified atom stereocenters. The number of ether oxygens (including phenoxy) is 1. The van der Waals surface area contributed by atoms with E-state index in [0.717, 1.165) is 0 Å². The smallest absolute Gasteiger partial charge is 0.330 e. The van der Waals surface area contributed by atoms with Crippen molar-refractivity contribution in [2.24, 2.45) is 10.3 Å². The van der Waals surface area contributed by atoms with E-state index in [1.807, 2.05) is 26.0 Å². The Morgan fingerprint density at radius 3 is 2.67 bits per heavy atom. The van der Waals surface area contributed by atoms with Crippen molar-refractivity contribution in [2.75, 3.05) is 20.2 Å². The molecule has 0 aliphatic carbocycles. The van der Waals surface area contributed by atoms with Crippen LogP contribution < -0.4 is 0 Å². The molecule has 1 atom stereocenters. The van der Waals surface area contributed by atoms with Crippen LogP contribution in [-0.2, 0) is 19.6 Å². The number of sulfonamides is 1. The Bertz CT molecular complexity index is 954. The van der Waals surface area contributed by atoms with Gasteiger partial charge in [0.1, 0.15) is 12.4 Å². The number of allylic oxidation sites excluding steroid dienone is 9. The molecule has 1 aliphatic rings. The van der Waals surface area contributed by atoms with E-state index >= 15 is 0 Å². The van der Waals surface area contributed by atoms with Crippen molar-refractivity contribution in [3.63, 3.8) is 0 Å². The molecule has 0 saturated carbocycles. The first-order valence-electron chi connectivity index (χ1n) is 9.20. The van der Waals surface area contributed by atoms with Gasteiger partial charge >= 0.3 is 5.97 Å². The van der Waals surface area contributed by atoms with E-state index in [1.54, 1.807) is 42.3 Å². The minimum Gasteiger partial charge on any atom is -0.461 e. The summed E-state index contributed by atoms with van der Waals surface area (Å²) >= 11 is 5.76. The van der Waals surface area contributed by atoms with E-state index < -0.39 is 16.0 Å². The fourth-order valence-corrected chi connectivity index (χ4v) is 3.43. The van der Waals surface area contributed by atoms with Gasteiger partial charge in [0, 0.05) is 24.1 Å². The van der Waals surface area contributed by atoms with Crippen molar-refractivity contribution < 1.29 is 17.9 Å². The van der Waals surface area contributed by atoms with Crippen LogP contribution in [0.5, 0.6) is 0 Å². The molecule has 8 heteroatoms. The quantitative estimate of drug-likeness (QED) is 0.329. The number of carbonyl (C=O) groups excluding carboxylic acids is 1. The van der Waals surface area contributed by atoms with Crippen LogP contribution in [0.3, 0.4) is 0 Å². The van der Waals surface area contributed by atoms with Crippen molar-refractivity contribution in [1.82, 2.24) is 4.90 Å². The van der Waals surface area contributed by atoms with E-state index in [0.29, 0.717) is 16.4 Å². The normalized spacial score (nSPS) is 23.2. The second kappa shape index (κ2) is 12.1. The molecule has 0 N–H and O–H groups in total. The van der Waals surface area contributed by atoms with Gasteiger partial charge in [0.25, 0.3) is 10.0 Å². The van der Waals surface area contributed by atoms with E-state index in [4.69, 9.17) is 16.3 Å². The molecule has 0 spiro atoms. The lowest BCUT2D eigenvalue weighted by molar-refractivity contribution is -0.137. The largest absolute Gasteiger partial charge is 0.461 e. The van der Waals surface area contributed by atoms with Gasteiger partial charge in [-0.25, -0.2) is 4.79 Å². The highest BCUT2D eigenvalue weighted by molar-refractivity contribution is 7.94. The molecule has 0 fully saturated rings. The first-order chi connectivity index (χ1) is 14.1. The van der Waals surface area contributed by atoms with Crippen LogP contribution in [0.2, 0.25) is 0 Å². The van der Waals surface area contributed by atoms with Crippen LogP contribution in [0.15, 0.2) is 87.8 Å². The lowest BCUT2D eigenvalue weighted by atomic mass is 10.1. The lowest BCUT2D eigenvalue weighted by Crippen LogP contribution is -2.35. The summed E-state index contributed by atoms with van der Waals surface area (Å²) in [6.07, 6.45) is 14.6. The predicted molar refractivity (Wildman–Crippen MR) is 124 cm³/mol. The van der Waals surface area contributed by atoms with Crippen molar-refractivity contribution in [2.45, 2.75) is 13.8 Å². The number of hydrogen-bond acceptors (Lipinski definition) is 5. The molecule has 0 saturated heterocycles. The molecule has 6 nitrogen and oxygen atoms in total. The second-order valence-electron chi connectivity index (χ2n) is 6.44. The van der Waals surface area contributed by atoms with Gasteiger partial charge < -0.3 is 9.64 Å². The Balaban J connectivity index is 2.78. The summed E-state index contributed by atoms with van der Waals surface area (Å²) in [5.41, 5.74) is 0.700. The SMILES string of the molecule is C=C(Cl)/C=C(\C=C/C)/C=C/C(=O)OCCN(C)/C1=N/S(=O)(=O)C(=C)/C=C\C=C/C1C. The molecular weight excluding hydrogens is 424 g/mol. The van der Waals surface area contributed by atoms with Crippen LogP contribution in [0, 0.1) is 5.92 Å². The average molecular weight is 451 g/mol. The summed E-state index contributed by atoms with van der Waals surface area (Å²) < 4.78 is 33.7. The summed E-state index contributed by atoms with van der Waals surface area (Å²) in [6, 6.07) is 0. The number of hydrogen-bond donors (Lipinski definition) is 0. The molecule has 0 radical (unpaired) electrons. The van der Waals surface area contributed by atoms with Gasteiger partial charge in [0.2, 0.25) is 0 Å². The summed E-state index contributed by atoms with van der Waals surface area (Å²) in [4.78, 5) is 13.5. The minimum atomic E-state index is -3.87. The zero-order valence-electron chi connectivity index (χ0n) is 17.4. The number of halogens is 1. The third-order valence-electron chi connectivity index (χ3n) is 3.90. The third kappa shape index (κ3) is 8.80. The maximum atomic E-state index is 12.3. The van der Waals surface area contributed by atoms with Gasteiger partial charge in [0.15, 0.2) is 0 Å². The average Bonchev–Trinajstić information content (AvgIpc) is 2.70. The molecule has 0 bridgehead atoms. The standard InChI is InChI=1S/C22H27ClN2O4S/c1-6-9-20(16-18(3)23)12-13-21(26)29-15-14-25(5)22-17(2)10-7-8-11-19(4)30(27,28)24-22/h6-13,16-17H,3-4,14-15H2,1-2,5H3/b9-6-,10-7-,11-8-,13-12+,20-16+,24-22+. The van der Waals surface area contributed by atoms with Gasteiger partial charge in [-0.2, -0.15) is 8.42 Å². The molecule has 30 heavy (non-hydrogen) atoms. The Morgan fingerprint density at radius 1 is 1.33 bits per heavy atom. The molecule has 1 aliphatic heterocycles. The van der Waals surface area contributed by atoms with Gasteiger partial charge in [-0.15, -0.1) is 4.40 Å². The number of esters is 1. The fraction of sp³-hybridized carbons (Fsp3) is 0.273. The summed E-state index contributed by atoms with van der Waals surface area (Å²) in [5.74, 6) is -0.455. The van der Waals surface area contributed by atoms with Gasteiger partial charge in [-0.05, 0) is 30.7 Å². The first-order valence-corrected chi connectivity index (χ1v) is 11.0. The molecule has 162 valence electrons. The lowest BCUT2D eigenvalue weighted by Gasteiger charge is -2.23. The molecule has 0 aromatic heterocycles. The van der Waals surface area contributed by atoms with Gasteiger partial charge in [-0.1, -0.05) is 62.1 Å². The molecule has 0 aromatic rings. The Kier molecular flexibility index (Phi) is 10.3.